The lowest BCUT2D eigenvalue weighted by molar-refractivity contribution is 0.329. The van der Waals surface area contributed by atoms with E-state index in [2.05, 4.69) is 5.32 Å². The van der Waals surface area contributed by atoms with E-state index < -0.39 is 0 Å². The predicted octanol–water partition coefficient (Wildman–Crippen LogP) is 2.50. The lowest BCUT2D eigenvalue weighted by atomic mass is 10.1. The van der Waals surface area contributed by atoms with Crippen molar-refractivity contribution in [2.45, 2.75) is 19.9 Å². The molecule has 0 radical (unpaired) electrons. The summed E-state index contributed by atoms with van der Waals surface area (Å²) < 4.78 is 18.9. The third-order valence-electron chi connectivity index (χ3n) is 2.18. The van der Waals surface area contributed by atoms with Crippen LogP contribution in [0, 0.1) is 5.82 Å². The smallest absolute Gasteiger partial charge is 0.131 e. The molecular formula is C11H16FNO. The highest BCUT2D eigenvalue weighted by atomic mass is 19.1. The molecule has 0 aliphatic heterocycles. The molecule has 0 aromatic heterocycles. The first-order valence-electron chi connectivity index (χ1n) is 4.79. The van der Waals surface area contributed by atoms with Gasteiger partial charge in [-0.15, -0.1) is 0 Å². The number of nitrogens with one attached hydrogen (secondary N) is 1. The van der Waals surface area contributed by atoms with E-state index in [4.69, 9.17) is 4.74 Å². The Morgan fingerprint density at radius 1 is 1.50 bits per heavy atom. The van der Waals surface area contributed by atoms with Gasteiger partial charge < -0.3 is 10.1 Å². The van der Waals surface area contributed by atoms with Crippen molar-refractivity contribution in [3.05, 3.63) is 29.6 Å². The molecule has 1 aromatic rings. The quantitative estimate of drug-likeness (QED) is 0.800. The molecule has 0 spiro atoms. The highest BCUT2D eigenvalue weighted by molar-refractivity contribution is 5.36. The van der Waals surface area contributed by atoms with Gasteiger partial charge in [-0.2, -0.15) is 0 Å². The van der Waals surface area contributed by atoms with E-state index >= 15 is 0 Å². The number of benzene rings is 1. The molecule has 2 nitrogen and oxygen atoms in total. The van der Waals surface area contributed by atoms with Gasteiger partial charge in [-0.3, -0.25) is 0 Å². The van der Waals surface area contributed by atoms with Crippen LogP contribution in [-0.2, 0) is 0 Å². The first-order valence-corrected chi connectivity index (χ1v) is 4.79. The Bertz CT molecular complexity index is 301. The average Bonchev–Trinajstić information content (AvgIpc) is 2.18. The molecule has 0 saturated heterocycles. The van der Waals surface area contributed by atoms with Gasteiger partial charge in [0.25, 0.3) is 0 Å². The van der Waals surface area contributed by atoms with Gasteiger partial charge in [0, 0.05) is 11.6 Å². The standard InChI is InChI=1S/C11H16FNO/c1-4-14-10-7-5-6-9(12)11(10)8(2)13-3/h5-8,13H,4H2,1-3H3. The van der Waals surface area contributed by atoms with Crippen molar-refractivity contribution in [2.24, 2.45) is 0 Å². The lowest BCUT2D eigenvalue weighted by Crippen LogP contribution is -2.15. The van der Waals surface area contributed by atoms with E-state index in [1.54, 1.807) is 19.2 Å². The molecule has 0 saturated carbocycles. The molecule has 1 aromatic carbocycles. The molecule has 3 heteroatoms. The van der Waals surface area contributed by atoms with Crippen molar-refractivity contribution >= 4 is 0 Å². The summed E-state index contributed by atoms with van der Waals surface area (Å²) in [6.07, 6.45) is 0. The lowest BCUT2D eigenvalue weighted by Gasteiger charge is -2.16. The van der Waals surface area contributed by atoms with Crippen molar-refractivity contribution in [3.63, 3.8) is 0 Å². The highest BCUT2D eigenvalue weighted by Crippen LogP contribution is 2.27. The molecule has 0 bridgehead atoms. The van der Waals surface area contributed by atoms with Gasteiger partial charge in [-0.1, -0.05) is 6.07 Å². The molecule has 0 heterocycles. The Balaban J connectivity index is 3.08. The number of hydrogen-bond acceptors (Lipinski definition) is 2. The second-order valence-electron chi connectivity index (χ2n) is 3.10. The molecule has 1 N–H and O–H groups in total. The van der Waals surface area contributed by atoms with Gasteiger partial charge in [-0.25, -0.2) is 4.39 Å². The molecule has 1 rings (SSSR count). The second kappa shape index (κ2) is 4.96. The largest absolute Gasteiger partial charge is 0.493 e. The van der Waals surface area contributed by atoms with Crippen molar-refractivity contribution in [1.82, 2.24) is 5.32 Å². The Hall–Kier alpha value is -1.09. The zero-order valence-corrected chi connectivity index (χ0v) is 8.80. The van der Waals surface area contributed by atoms with Crippen LogP contribution < -0.4 is 10.1 Å². The van der Waals surface area contributed by atoms with E-state index in [9.17, 15) is 4.39 Å². The van der Waals surface area contributed by atoms with Crippen LogP contribution in [-0.4, -0.2) is 13.7 Å². The van der Waals surface area contributed by atoms with Crippen LogP contribution in [0.5, 0.6) is 5.75 Å². The van der Waals surface area contributed by atoms with Crippen LogP contribution in [0.25, 0.3) is 0 Å². The predicted molar refractivity (Wildman–Crippen MR) is 55.0 cm³/mol. The maximum Gasteiger partial charge on any atom is 0.131 e. The summed E-state index contributed by atoms with van der Waals surface area (Å²) >= 11 is 0. The molecule has 0 aliphatic carbocycles. The first-order chi connectivity index (χ1) is 6.70. The summed E-state index contributed by atoms with van der Waals surface area (Å²) in [7, 11) is 1.80. The van der Waals surface area contributed by atoms with Gasteiger partial charge in [-0.05, 0) is 33.0 Å². The topological polar surface area (TPSA) is 21.3 Å². The van der Waals surface area contributed by atoms with Crippen LogP contribution in [0.3, 0.4) is 0 Å². The van der Waals surface area contributed by atoms with Crippen LogP contribution >= 0.6 is 0 Å². The van der Waals surface area contributed by atoms with Gasteiger partial charge in [0.1, 0.15) is 11.6 Å². The molecule has 0 amide bonds. The summed E-state index contributed by atoms with van der Waals surface area (Å²) in [4.78, 5) is 0. The van der Waals surface area contributed by atoms with Gasteiger partial charge >= 0.3 is 0 Å². The Morgan fingerprint density at radius 3 is 2.79 bits per heavy atom. The fraction of sp³-hybridized carbons (Fsp3) is 0.455. The monoisotopic (exact) mass is 197 g/mol. The van der Waals surface area contributed by atoms with Crippen LogP contribution in [0.1, 0.15) is 25.5 Å². The first kappa shape index (κ1) is 11.0. The Labute approximate surface area is 84.1 Å². The Kier molecular flexibility index (Phi) is 3.89. The van der Waals surface area contributed by atoms with Gasteiger partial charge in [0.05, 0.1) is 6.61 Å². The SMILES string of the molecule is CCOc1cccc(F)c1C(C)NC. The van der Waals surface area contributed by atoms with E-state index in [0.717, 1.165) is 0 Å². The summed E-state index contributed by atoms with van der Waals surface area (Å²) in [5, 5.41) is 3.00. The number of rotatable bonds is 4. The second-order valence-corrected chi connectivity index (χ2v) is 3.10. The normalized spacial score (nSPS) is 12.6. The van der Waals surface area contributed by atoms with Crippen molar-refractivity contribution < 1.29 is 9.13 Å². The summed E-state index contributed by atoms with van der Waals surface area (Å²) in [6, 6.07) is 4.85. The molecule has 14 heavy (non-hydrogen) atoms. The van der Waals surface area contributed by atoms with E-state index in [-0.39, 0.29) is 11.9 Å². The summed E-state index contributed by atoms with van der Waals surface area (Å²) in [5.74, 6) is 0.396. The summed E-state index contributed by atoms with van der Waals surface area (Å²) in [6.45, 7) is 4.34. The minimum Gasteiger partial charge on any atom is -0.493 e. The number of ether oxygens (including phenoxy) is 1. The molecule has 78 valence electrons. The maximum atomic E-state index is 13.5. The van der Waals surface area contributed by atoms with E-state index in [1.165, 1.54) is 6.07 Å². The molecular weight excluding hydrogens is 181 g/mol. The van der Waals surface area contributed by atoms with Crippen molar-refractivity contribution in [3.8, 4) is 5.75 Å². The number of halogens is 1. The van der Waals surface area contributed by atoms with Crippen LogP contribution in [0.2, 0.25) is 0 Å². The third-order valence-corrected chi connectivity index (χ3v) is 2.18. The maximum absolute atomic E-state index is 13.5. The summed E-state index contributed by atoms with van der Waals surface area (Å²) in [5.41, 5.74) is 0.594. The number of hydrogen-bond donors (Lipinski definition) is 1. The van der Waals surface area contributed by atoms with Crippen LogP contribution in [0.15, 0.2) is 18.2 Å². The highest BCUT2D eigenvalue weighted by Gasteiger charge is 2.14. The Morgan fingerprint density at radius 2 is 2.21 bits per heavy atom. The zero-order valence-electron chi connectivity index (χ0n) is 8.80. The minimum atomic E-state index is -0.224. The van der Waals surface area contributed by atoms with Crippen molar-refractivity contribution in [1.29, 1.82) is 0 Å². The molecule has 0 aliphatic rings. The van der Waals surface area contributed by atoms with Gasteiger partial charge in [0.15, 0.2) is 0 Å². The molecule has 1 unspecified atom stereocenters. The average molecular weight is 197 g/mol. The van der Waals surface area contributed by atoms with Gasteiger partial charge in [0.2, 0.25) is 0 Å². The van der Waals surface area contributed by atoms with E-state index in [0.29, 0.717) is 17.9 Å². The molecule has 0 fully saturated rings. The van der Waals surface area contributed by atoms with Crippen LogP contribution in [0.4, 0.5) is 4.39 Å². The third kappa shape index (κ3) is 2.23. The zero-order chi connectivity index (χ0) is 10.6. The fourth-order valence-corrected chi connectivity index (χ4v) is 1.36. The minimum absolute atomic E-state index is 0.0438. The molecule has 1 atom stereocenters. The fourth-order valence-electron chi connectivity index (χ4n) is 1.36. The van der Waals surface area contributed by atoms with Crippen molar-refractivity contribution in [2.75, 3.05) is 13.7 Å². The van der Waals surface area contributed by atoms with E-state index in [1.807, 2.05) is 13.8 Å².